The van der Waals surface area contributed by atoms with E-state index in [1.54, 1.807) is 6.07 Å². The lowest BCUT2D eigenvalue weighted by atomic mass is 10.1. The second kappa shape index (κ2) is 5.85. The van der Waals surface area contributed by atoms with Gasteiger partial charge in [-0.25, -0.2) is 4.39 Å². The average Bonchev–Trinajstić information content (AvgIpc) is 2.33. The van der Waals surface area contributed by atoms with Crippen molar-refractivity contribution < 1.29 is 4.39 Å². The van der Waals surface area contributed by atoms with Crippen molar-refractivity contribution in [3.8, 4) is 0 Å². The van der Waals surface area contributed by atoms with E-state index >= 15 is 0 Å². The van der Waals surface area contributed by atoms with Crippen molar-refractivity contribution in [2.75, 3.05) is 5.32 Å². The maximum absolute atomic E-state index is 13.0. The van der Waals surface area contributed by atoms with Crippen molar-refractivity contribution in [3.05, 3.63) is 62.8 Å². The van der Waals surface area contributed by atoms with Crippen molar-refractivity contribution in [2.24, 2.45) is 0 Å². The molecule has 0 heterocycles. The van der Waals surface area contributed by atoms with Gasteiger partial charge < -0.3 is 5.32 Å². The minimum absolute atomic E-state index is 0.127. The molecule has 2 rings (SSSR count). The fraction of sp³-hybridized carbons (Fsp3) is 0.143. The van der Waals surface area contributed by atoms with E-state index < -0.39 is 0 Å². The first-order valence-corrected chi connectivity index (χ1v) is 7.12. The molecular formula is C14H12Br2FN. The van der Waals surface area contributed by atoms with Gasteiger partial charge in [-0.05, 0) is 52.7 Å². The first-order chi connectivity index (χ1) is 8.58. The summed E-state index contributed by atoms with van der Waals surface area (Å²) in [5.74, 6) is -0.249. The Kier molecular flexibility index (Phi) is 4.40. The fourth-order valence-electron chi connectivity index (χ4n) is 1.74. The Hall–Kier alpha value is -0.870. The van der Waals surface area contributed by atoms with E-state index in [1.807, 2.05) is 18.2 Å². The number of anilines is 1. The van der Waals surface area contributed by atoms with Gasteiger partial charge in [-0.15, -0.1) is 0 Å². The average molecular weight is 373 g/mol. The zero-order valence-electron chi connectivity index (χ0n) is 9.75. The van der Waals surface area contributed by atoms with Gasteiger partial charge in [0.05, 0.1) is 0 Å². The SMILES string of the molecule is CC(Nc1ccc(F)cc1Br)c1ccccc1Br. The predicted octanol–water partition coefficient (Wildman–Crippen LogP) is 5.52. The standard InChI is InChI=1S/C14H12Br2FN/c1-9(11-4-2-3-5-12(11)15)18-14-7-6-10(17)8-13(14)16/h2-9,18H,1H3. The molecule has 4 heteroatoms. The van der Waals surface area contributed by atoms with Gasteiger partial charge in [-0.1, -0.05) is 34.1 Å². The zero-order chi connectivity index (χ0) is 13.1. The lowest BCUT2D eigenvalue weighted by Crippen LogP contribution is -2.07. The first kappa shape index (κ1) is 13.6. The van der Waals surface area contributed by atoms with E-state index in [1.165, 1.54) is 12.1 Å². The molecular weight excluding hydrogens is 361 g/mol. The second-order valence-corrected chi connectivity index (χ2v) is 5.72. The molecule has 1 atom stereocenters. The number of nitrogens with one attached hydrogen (secondary N) is 1. The van der Waals surface area contributed by atoms with Crippen LogP contribution < -0.4 is 5.32 Å². The van der Waals surface area contributed by atoms with Crippen LogP contribution in [0.3, 0.4) is 0 Å². The molecule has 0 saturated heterocycles. The summed E-state index contributed by atoms with van der Waals surface area (Å²) in [4.78, 5) is 0. The van der Waals surface area contributed by atoms with Crippen LogP contribution >= 0.6 is 31.9 Å². The number of hydrogen-bond donors (Lipinski definition) is 1. The van der Waals surface area contributed by atoms with Gasteiger partial charge in [0.2, 0.25) is 0 Å². The minimum Gasteiger partial charge on any atom is -0.378 e. The second-order valence-electron chi connectivity index (χ2n) is 4.01. The van der Waals surface area contributed by atoms with Crippen molar-refractivity contribution in [1.29, 1.82) is 0 Å². The topological polar surface area (TPSA) is 12.0 Å². The van der Waals surface area contributed by atoms with Crippen LogP contribution in [0, 0.1) is 5.82 Å². The predicted molar refractivity (Wildman–Crippen MR) is 80.3 cm³/mol. The molecule has 0 aliphatic heterocycles. The molecule has 0 bridgehead atoms. The normalized spacial score (nSPS) is 12.2. The summed E-state index contributed by atoms with van der Waals surface area (Å²) in [5.41, 5.74) is 2.04. The molecule has 0 radical (unpaired) electrons. The van der Waals surface area contributed by atoms with Gasteiger partial charge in [0.15, 0.2) is 0 Å². The molecule has 0 fully saturated rings. The van der Waals surface area contributed by atoms with E-state index in [9.17, 15) is 4.39 Å². The van der Waals surface area contributed by atoms with E-state index in [0.717, 1.165) is 20.2 Å². The maximum Gasteiger partial charge on any atom is 0.124 e. The summed E-state index contributed by atoms with van der Waals surface area (Å²) < 4.78 is 14.8. The molecule has 1 unspecified atom stereocenters. The van der Waals surface area contributed by atoms with Crippen molar-refractivity contribution in [3.63, 3.8) is 0 Å². The van der Waals surface area contributed by atoms with Crippen LogP contribution in [0.2, 0.25) is 0 Å². The highest BCUT2D eigenvalue weighted by Gasteiger charge is 2.10. The third-order valence-electron chi connectivity index (χ3n) is 2.67. The third kappa shape index (κ3) is 3.12. The summed E-state index contributed by atoms with van der Waals surface area (Å²) in [5, 5.41) is 3.35. The van der Waals surface area contributed by atoms with E-state index in [0.29, 0.717) is 0 Å². The van der Waals surface area contributed by atoms with Gasteiger partial charge in [0, 0.05) is 20.7 Å². The number of hydrogen-bond acceptors (Lipinski definition) is 1. The fourth-order valence-corrected chi connectivity index (χ4v) is 2.84. The third-order valence-corrected chi connectivity index (χ3v) is 4.05. The van der Waals surface area contributed by atoms with Gasteiger partial charge in [0.1, 0.15) is 5.82 Å². The zero-order valence-corrected chi connectivity index (χ0v) is 12.9. The largest absolute Gasteiger partial charge is 0.378 e. The Morgan fingerprint density at radius 1 is 1.06 bits per heavy atom. The highest BCUT2D eigenvalue weighted by molar-refractivity contribution is 9.11. The van der Waals surface area contributed by atoms with Crippen LogP contribution in [0.15, 0.2) is 51.4 Å². The van der Waals surface area contributed by atoms with E-state index in [4.69, 9.17) is 0 Å². The monoisotopic (exact) mass is 371 g/mol. The Labute approximate surface area is 123 Å². The smallest absolute Gasteiger partial charge is 0.124 e. The number of rotatable bonds is 3. The van der Waals surface area contributed by atoms with Crippen LogP contribution in [0.1, 0.15) is 18.5 Å². The van der Waals surface area contributed by atoms with Crippen LogP contribution in [0.4, 0.5) is 10.1 Å². The molecule has 0 aliphatic rings. The van der Waals surface area contributed by atoms with Gasteiger partial charge in [-0.2, -0.15) is 0 Å². The summed E-state index contributed by atoms with van der Waals surface area (Å²) >= 11 is 6.88. The number of halogens is 3. The number of benzene rings is 2. The Balaban J connectivity index is 2.21. The lowest BCUT2D eigenvalue weighted by Gasteiger charge is -2.18. The molecule has 94 valence electrons. The van der Waals surface area contributed by atoms with Crippen LogP contribution in [-0.2, 0) is 0 Å². The van der Waals surface area contributed by atoms with Crippen molar-refractivity contribution >= 4 is 37.5 Å². The summed E-state index contributed by atoms with van der Waals surface area (Å²) in [6.07, 6.45) is 0. The molecule has 2 aromatic rings. The Morgan fingerprint density at radius 2 is 1.78 bits per heavy atom. The molecule has 0 aromatic heterocycles. The summed E-state index contributed by atoms with van der Waals surface area (Å²) in [6, 6.07) is 12.8. The van der Waals surface area contributed by atoms with Gasteiger partial charge in [-0.3, -0.25) is 0 Å². The molecule has 1 nitrogen and oxygen atoms in total. The summed E-state index contributed by atoms with van der Waals surface area (Å²) in [6.45, 7) is 2.07. The minimum atomic E-state index is -0.249. The molecule has 1 N–H and O–H groups in total. The van der Waals surface area contributed by atoms with Crippen LogP contribution in [0.25, 0.3) is 0 Å². The van der Waals surface area contributed by atoms with Crippen LogP contribution in [0.5, 0.6) is 0 Å². The van der Waals surface area contributed by atoms with Gasteiger partial charge in [0.25, 0.3) is 0 Å². The molecule has 0 aliphatic carbocycles. The van der Waals surface area contributed by atoms with Crippen molar-refractivity contribution in [1.82, 2.24) is 0 Å². The van der Waals surface area contributed by atoms with E-state index in [-0.39, 0.29) is 11.9 Å². The first-order valence-electron chi connectivity index (χ1n) is 5.54. The molecule has 2 aromatic carbocycles. The molecule has 0 amide bonds. The highest BCUT2D eigenvalue weighted by atomic mass is 79.9. The highest BCUT2D eigenvalue weighted by Crippen LogP contribution is 2.29. The van der Waals surface area contributed by atoms with Gasteiger partial charge >= 0.3 is 0 Å². The molecule has 0 spiro atoms. The summed E-state index contributed by atoms with van der Waals surface area (Å²) in [7, 11) is 0. The molecule has 18 heavy (non-hydrogen) atoms. The van der Waals surface area contributed by atoms with E-state index in [2.05, 4.69) is 50.2 Å². The Morgan fingerprint density at radius 3 is 2.44 bits per heavy atom. The van der Waals surface area contributed by atoms with Crippen LogP contribution in [-0.4, -0.2) is 0 Å². The lowest BCUT2D eigenvalue weighted by molar-refractivity contribution is 0.627. The Bertz CT molecular complexity index is 557. The quantitative estimate of drug-likeness (QED) is 0.747. The molecule has 0 saturated carbocycles. The maximum atomic E-state index is 13.0. The van der Waals surface area contributed by atoms with Crippen molar-refractivity contribution in [2.45, 2.75) is 13.0 Å².